The van der Waals surface area contributed by atoms with Gasteiger partial charge in [0.25, 0.3) is 5.69 Å². The number of fused-ring (bicyclic) bond motifs is 1. The highest BCUT2D eigenvalue weighted by atomic mass is 79.9. The van der Waals surface area contributed by atoms with Crippen LogP contribution in [0.4, 0.5) is 17.2 Å². The number of nitro benzene ring substituents is 1. The number of benzene rings is 2. The molecule has 0 saturated heterocycles. The summed E-state index contributed by atoms with van der Waals surface area (Å²) in [6, 6.07) is 12.3. The number of ether oxygens (including phenoxy) is 1. The molecular formula is C20H15BrN4O3S. The van der Waals surface area contributed by atoms with Gasteiger partial charge in [0.2, 0.25) is 0 Å². The van der Waals surface area contributed by atoms with Gasteiger partial charge in [-0.05, 0) is 46.6 Å². The van der Waals surface area contributed by atoms with Crippen LogP contribution in [0, 0.1) is 17.0 Å². The van der Waals surface area contributed by atoms with Crippen molar-refractivity contribution in [2.45, 2.75) is 6.92 Å². The van der Waals surface area contributed by atoms with Crippen LogP contribution in [0.15, 0.2) is 52.3 Å². The summed E-state index contributed by atoms with van der Waals surface area (Å²) in [5.74, 6) is 1.99. The quantitative estimate of drug-likeness (QED) is 0.280. The molecule has 0 radical (unpaired) electrons. The molecule has 0 atom stereocenters. The average molecular weight is 471 g/mol. The Morgan fingerprint density at radius 3 is 2.62 bits per heavy atom. The average Bonchev–Trinajstić information content (AvgIpc) is 3.13. The number of aromatic nitrogens is 2. The van der Waals surface area contributed by atoms with Crippen LogP contribution in [0.25, 0.3) is 21.3 Å². The number of nitro groups is 1. The Hall–Kier alpha value is -3.04. The number of methoxy groups -OCH3 is 1. The highest BCUT2D eigenvalue weighted by Crippen LogP contribution is 2.39. The molecule has 0 unspecified atom stereocenters. The maximum Gasteiger partial charge on any atom is 0.271 e. The molecule has 2 aromatic carbocycles. The molecule has 7 nitrogen and oxygen atoms in total. The fourth-order valence-electron chi connectivity index (χ4n) is 2.97. The summed E-state index contributed by atoms with van der Waals surface area (Å²) < 4.78 is 5.94. The molecular weight excluding hydrogens is 456 g/mol. The Kier molecular flexibility index (Phi) is 5.16. The number of nitrogens with zero attached hydrogens (tertiary/aromatic N) is 3. The van der Waals surface area contributed by atoms with Gasteiger partial charge >= 0.3 is 0 Å². The molecule has 0 bridgehead atoms. The SMILES string of the molecule is COc1ccc(-c2csc3nc(C)nc(Nc4cc([N+](=O)[O-])ccc4Br)c23)cc1. The molecule has 4 aromatic rings. The van der Waals surface area contributed by atoms with Crippen LogP contribution in [0.5, 0.6) is 5.75 Å². The largest absolute Gasteiger partial charge is 0.497 e. The third kappa shape index (κ3) is 3.79. The fraction of sp³-hybridized carbons (Fsp3) is 0.100. The lowest BCUT2D eigenvalue weighted by atomic mass is 10.1. The number of hydrogen-bond acceptors (Lipinski definition) is 7. The monoisotopic (exact) mass is 470 g/mol. The van der Waals surface area contributed by atoms with E-state index >= 15 is 0 Å². The summed E-state index contributed by atoms with van der Waals surface area (Å²) in [4.78, 5) is 20.7. The van der Waals surface area contributed by atoms with Crippen LogP contribution in [0.2, 0.25) is 0 Å². The Morgan fingerprint density at radius 2 is 1.93 bits per heavy atom. The molecule has 0 amide bonds. The Bertz CT molecular complexity index is 1220. The molecule has 2 heterocycles. The third-order valence-electron chi connectivity index (χ3n) is 4.36. The van der Waals surface area contributed by atoms with Gasteiger partial charge in [0.05, 0.1) is 23.1 Å². The molecule has 4 rings (SSSR count). The van der Waals surface area contributed by atoms with Gasteiger partial charge in [0.15, 0.2) is 0 Å². The van der Waals surface area contributed by atoms with E-state index in [1.54, 1.807) is 13.2 Å². The van der Waals surface area contributed by atoms with Gasteiger partial charge < -0.3 is 10.1 Å². The summed E-state index contributed by atoms with van der Waals surface area (Å²) in [7, 11) is 1.63. The van der Waals surface area contributed by atoms with E-state index in [9.17, 15) is 10.1 Å². The maximum absolute atomic E-state index is 11.2. The minimum absolute atomic E-state index is 0.00146. The second-order valence-electron chi connectivity index (χ2n) is 6.22. The number of non-ortho nitro benzene ring substituents is 1. The lowest BCUT2D eigenvalue weighted by Crippen LogP contribution is -2.00. The summed E-state index contributed by atoms with van der Waals surface area (Å²) in [6.07, 6.45) is 0. The molecule has 0 spiro atoms. The zero-order valence-electron chi connectivity index (χ0n) is 15.5. The molecule has 1 N–H and O–H groups in total. The predicted molar refractivity (Wildman–Crippen MR) is 118 cm³/mol. The van der Waals surface area contributed by atoms with Gasteiger partial charge in [-0.25, -0.2) is 9.97 Å². The third-order valence-corrected chi connectivity index (χ3v) is 5.92. The van der Waals surface area contributed by atoms with Crippen molar-refractivity contribution in [3.8, 4) is 16.9 Å². The van der Waals surface area contributed by atoms with Crippen LogP contribution in [-0.2, 0) is 0 Å². The number of aryl methyl sites for hydroxylation is 1. The molecule has 2 aromatic heterocycles. The fourth-order valence-corrected chi connectivity index (χ4v) is 4.31. The van der Waals surface area contributed by atoms with E-state index in [0.29, 0.717) is 21.8 Å². The van der Waals surface area contributed by atoms with Crippen molar-refractivity contribution in [3.63, 3.8) is 0 Å². The molecule has 0 aliphatic carbocycles. The van der Waals surface area contributed by atoms with Crippen molar-refractivity contribution < 1.29 is 9.66 Å². The van der Waals surface area contributed by atoms with Gasteiger partial charge in [-0.1, -0.05) is 12.1 Å². The Labute approximate surface area is 178 Å². The van der Waals surface area contributed by atoms with E-state index in [4.69, 9.17) is 4.74 Å². The van der Waals surface area contributed by atoms with E-state index in [-0.39, 0.29) is 5.69 Å². The maximum atomic E-state index is 11.2. The molecule has 0 saturated carbocycles. The zero-order valence-corrected chi connectivity index (χ0v) is 17.9. The smallest absolute Gasteiger partial charge is 0.271 e. The first kappa shape index (κ1) is 19.3. The second-order valence-corrected chi connectivity index (χ2v) is 7.94. The van der Waals surface area contributed by atoms with E-state index in [0.717, 1.165) is 27.1 Å². The van der Waals surface area contributed by atoms with E-state index in [1.807, 2.05) is 36.6 Å². The molecule has 9 heteroatoms. The lowest BCUT2D eigenvalue weighted by molar-refractivity contribution is -0.384. The number of anilines is 2. The van der Waals surface area contributed by atoms with Gasteiger partial charge in [-0.3, -0.25) is 10.1 Å². The van der Waals surface area contributed by atoms with Gasteiger partial charge in [-0.2, -0.15) is 0 Å². The predicted octanol–water partition coefficient (Wildman–Crippen LogP) is 6.09. The van der Waals surface area contributed by atoms with Crippen molar-refractivity contribution in [3.05, 3.63) is 68.3 Å². The highest BCUT2D eigenvalue weighted by molar-refractivity contribution is 9.10. The minimum Gasteiger partial charge on any atom is -0.497 e. The first-order valence-electron chi connectivity index (χ1n) is 8.57. The van der Waals surface area contributed by atoms with Crippen molar-refractivity contribution in [1.29, 1.82) is 0 Å². The topological polar surface area (TPSA) is 90.2 Å². The van der Waals surface area contributed by atoms with Crippen molar-refractivity contribution in [2.24, 2.45) is 0 Å². The summed E-state index contributed by atoms with van der Waals surface area (Å²) in [6.45, 7) is 1.82. The van der Waals surface area contributed by atoms with Gasteiger partial charge in [0, 0.05) is 27.5 Å². The van der Waals surface area contributed by atoms with Crippen molar-refractivity contribution in [2.75, 3.05) is 12.4 Å². The van der Waals surface area contributed by atoms with Crippen LogP contribution >= 0.6 is 27.3 Å². The van der Waals surface area contributed by atoms with Crippen LogP contribution in [0.1, 0.15) is 5.82 Å². The van der Waals surface area contributed by atoms with E-state index < -0.39 is 4.92 Å². The molecule has 0 fully saturated rings. The highest BCUT2D eigenvalue weighted by Gasteiger charge is 2.17. The Balaban J connectivity index is 1.85. The number of thiophene rings is 1. The first-order valence-corrected chi connectivity index (χ1v) is 10.2. The molecule has 0 aliphatic heterocycles. The second kappa shape index (κ2) is 7.76. The van der Waals surface area contributed by atoms with Gasteiger partial charge in [0.1, 0.15) is 22.2 Å². The van der Waals surface area contributed by atoms with Crippen LogP contribution in [0.3, 0.4) is 0 Å². The summed E-state index contributed by atoms with van der Waals surface area (Å²) in [5, 5.41) is 17.3. The normalized spacial score (nSPS) is 10.9. The zero-order chi connectivity index (χ0) is 20.5. The number of rotatable bonds is 5. The first-order chi connectivity index (χ1) is 14.0. The van der Waals surface area contributed by atoms with Crippen molar-refractivity contribution in [1.82, 2.24) is 9.97 Å². The Morgan fingerprint density at radius 1 is 1.17 bits per heavy atom. The molecule has 29 heavy (non-hydrogen) atoms. The standard InChI is InChI=1S/C20H15BrN4O3S/c1-11-22-19(24-17-9-13(25(26)27)5-8-16(17)21)18-15(10-29-20(18)23-11)12-3-6-14(28-2)7-4-12/h3-10H,1-2H3,(H,22,23,24). The van der Waals surface area contributed by atoms with E-state index in [2.05, 4.69) is 31.2 Å². The van der Waals surface area contributed by atoms with Gasteiger partial charge in [-0.15, -0.1) is 11.3 Å². The number of nitrogens with one attached hydrogen (secondary N) is 1. The lowest BCUT2D eigenvalue weighted by Gasteiger charge is -2.11. The number of halogens is 1. The molecule has 0 aliphatic rings. The number of hydrogen-bond donors (Lipinski definition) is 1. The minimum atomic E-state index is -0.425. The van der Waals surface area contributed by atoms with Crippen LogP contribution < -0.4 is 10.1 Å². The van der Waals surface area contributed by atoms with Crippen molar-refractivity contribution >= 4 is 54.7 Å². The van der Waals surface area contributed by atoms with Crippen LogP contribution in [-0.4, -0.2) is 22.0 Å². The van der Waals surface area contributed by atoms with E-state index in [1.165, 1.54) is 23.5 Å². The summed E-state index contributed by atoms with van der Waals surface area (Å²) >= 11 is 4.98. The summed E-state index contributed by atoms with van der Waals surface area (Å²) in [5.41, 5.74) is 2.55. The molecule has 146 valence electrons.